The van der Waals surface area contributed by atoms with Gasteiger partial charge in [0.25, 0.3) is 0 Å². The Kier molecular flexibility index (Phi) is 5.74. The monoisotopic (exact) mass is 217 g/mol. The number of hydrogen-bond acceptors (Lipinski definition) is 4. The van der Waals surface area contributed by atoms with Crippen molar-refractivity contribution in [1.29, 1.82) is 0 Å². The maximum atomic E-state index is 11.2. The number of carbonyl (C=O) groups excluding carboxylic acids is 2. The highest BCUT2D eigenvalue weighted by molar-refractivity contribution is 5.72. The minimum absolute atomic E-state index is 0.227. The first kappa shape index (κ1) is 13.7. The molecule has 0 heterocycles. The molecular weight excluding hydrogens is 198 g/mol. The van der Waals surface area contributed by atoms with Gasteiger partial charge >= 0.3 is 12.1 Å². The Hall–Kier alpha value is -1.26. The van der Waals surface area contributed by atoms with Crippen LogP contribution in [0.25, 0.3) is 0 Å². The maximum Gasteiger partial charge on any atom is 0.412 e. The van der Waals surface area contributed by atoms with Crippen molar-refractivity contribution in [3.8, 4) is 0 Å². The zero-order valence-corrected chi connectivity index (χ0v) is 9.94. The molecular formula is C10H19NO4. The van der Waals surface area contributed by atoms with Crippen LogP contribution in [0.1, 0.15) is 27.7 Å². The highest BCUT2D eigenvalue weighted by Gasteiger charge is 2.17. The van der Waals surface area contributed by atoms with Crippen LogP contribution in [-0.4, -0.2) is 36.8 Å². The lowest BCUT2D eigenvalue weighted by Gasteiger charge is -2.19. The fourth-order valence-corrected chi connectivity index (χ4v) is 0.685. The number of amides is 1. The summed E-state index contributed by atoms with van der Waals surface area (Å²) in [4.78, 5) is 23.8. The molecule has 0 aromatic carbocycles. The molecule has 0 bridgehead atoms. The average molecular weight is 217 g/mol. The molecule has 0 saturated carbocycles. The van der Waals surface area contributed by atoms with Gasteiger partial charge in [-0.1, -0.05) is 13.8 Å². The standard InChI is InChI=1S/C10H19NO4/c1-6-11(5)10(13)15-8(4)14-9(12)7(2)3/h7-8H,6H2,1-5H3. The van der Waals surface area contributed by atoms with Crippen LogP contribution in [-0.2, 0) is 14.3 Å². The van der Waals surface area contributed by atoms with Gasteiger partial charge in [-0.15, -0.1) is 0 Å². The molecule has 1 unspecified atom stereocenters. The fourth-order valence-electron chi connectivity index (χ4n) is 0.685. The minimum Gasteiger partial charge on any atom is -0.425 e. The van der Waals surface area contributed by atoms with Crippen molar-refractivity contribution >= 4 is 12.1 Å². The van der Waals surface area contributed by atoms with Crippen molar-refractivity contribution in [1.82, 2.24) is 4.90 Å². The predicted octanol–water partition coefficient (Wildman–Crippen LogP) is 1.62. The molecule has 0 aliphatic rings. The van der Waals surface area contributed by atoms with Gasteiger partial charge in [-0.3, -0.25) is 4.79 Å². The van der Waals surface area contributed by atoms with Gasteiger partial charge in [-0.05, 0) is 6.92 Å². The summed E-state index contributed by atoms with van der Waals surface area (Å²) in [6.45, 7) is 7.32. The topological polar surface area (TPSA) is 55.8 Å². The molecule has 0 aliphatic carbocycles. The molecule has 0 saturated heterocycles. The van der Waals surface area contributed by atoms with Crippen molar-refractivity contribution in [3.05, 3.63) is 0 Å². The summed E-state index contributed by atoms with van der Waals surface area (Å²) in [5.41, 5.74) is 0. The smallest absolute Gasteiger partial charge is 0.412 e. The van der Waals surface area contributed by atoms with Crippen LogP contribution in [0, 0.1) is 5.92 Å². The van der Waals surface area contributed by atoms with E-state index in [9.17, 15) is 9.59 Å². The highest BCUT2D eigenvalue weighted by atomic mass is 16.7. The van der Waals surface area contributed by atoms with Gasteiger partial charge in [0.15, 0.2) is 0 Å². The van der Waals surface area contributed by atoms with Gasteiger partial charge in [0, 0.05) is 20.5 Å². The molecule has 1 amide bonds. The molecule has 5 heteroatoms. The Balaban J connectivity index is 3.98. The third-order valence-corrected chi connectivity index (χ3v) is 1.81. The quantitative estimate of drug-likeness (QED) is 0.530. The molecule has 1 atom stereocenters. The van der Waals surface area contributed by atoms with Crippen molar-refractivity contribution in [2.45, 2.75) is 34.0 Å². The van der Waals surface area contributed by atoms with Crippen LogP contribution in [0.2, 0.25) is 0 Å². The van der Waals surface area contributed by atoms with Gasteiger partial charge in [0.2, 0.25) is 6.29 Å². The molecule has 5 nitrogen and oxygen atoms in total. The number of carbonyl (C=O) groups is 2. The second-order valence-electron chi connectivity index (χ2n) is 3.56. The highest BCUT2D eigenvalue weighted by Crippen LogP contribution is 2.03. The summed E-state index contributed by atoms with van der Waals surface area (Å²) in [6.07, 6.45) is -1.34. The Labute approximate surface area is 90.3 Å². The summed E-state index contributed by atoms with van der Waals surface area (Å²) in [5.74, 6) is -0.607. The first-order chi connectivity index (χ1) is 6.88. The molecule has 0 aromatic heterocycles. The molecule has 0 spiro atoms. The van der Waals surface area contributed by atoms with E-state index >= 15 is 0 Å². The number of esters is 1. The minimum atomic E-state index is -0.846. The van der Waals surface area contributed by atoms with E-state index in [1.54, 1.807) is 20.9 Å². The molecule has 0 fully saturated rings. The van der Waals surface area contributed by atoms with Gasteiger partial charge in [-0.2, -0.15) is 0 Å². The van der Waals surface area contributed by atoms with Crippen LogP contribution < -0.4 is 0 Å². The number of hydrogen-bond donors (Lipinski definition) is 0. The molecule has 0 aliphatic heterocycles. The molecule has 0 N–H and O–H groups in total. The van der Waals surface area contributed by atoms with E-state index in [1.165, 1.54) is 11.8 Å². The van der Waals surface area contributed by atoms with Crippen LogP contribution in [0.5, 0.6) is 0 Å². The lowest BCUT2D eigenvalue weighted by molar-refractivity contribution is -0.169. The van der Waals surface area contributed by atoms with Gasteiger partial charge in [0.1, 0.15) is 0 Å². The zero-order valence-electron chi connectivity index (χ0n) is 9.94. The predicted molar refractivity (Wildman–Crippen MR) is 55.2 cm³/mol. The third kappa shape index (κ3) is 5.24. The van der Waals surface area contributed by atoms with E-state index in [2.05, 4.69) is 0 Å². The van der Waals surface area contributed by atoms with Crippen LogP contribution in [0.15, 0.2) is 0 Å². The van der Waals surface area contributed by atoms with Gasteiger partial charge in [0.05, 0.1) is 5.92 Å². The maximum absolute atomic E-state index is 11.2. The summed E-state index contributed by atoms with van der Waals surface area (Å²) in [6, 6.07) is 0. The van der Waals surface area contributed by atoms with E-state index in [1.807, 2.05) is 6.92 Å². The molecule has 0 aromatic rings. The van der Waals surface area contributed by atoms with E-state index in [-0.39, 0.29) is 11.9 Å². The first-order valence-electron chi connectivity index (χ1n) is 5.00. The number of nitrogens with zero attached hydrogens (tertiary/aromatic N) is 1. The van der Waals surface area contributed by atoms with Crippen molar-refractivity contribution in [2.75, 3.05) is 13.6 Å². The fraction of sp³-hybridized carbons (Fsp3) is 0.800. The summed E-state index contributed by atoms with van der Waals surface area (Å²) in [5, 5.41) is 0. The summed E-state index contributed by atoms with van der Waals surface area (Å²) in [7, 11) is 1.61. The molecule has 0 rings (SSSR count). The lowest BCUT2D eigenvalue weighted by atomic mass is 10.2. The summed E-state index contributed by atoms with van der Waals surface area (Å²) < 4.78 is 9.74. The molecule has 88 valence electrons. The van der Waals surface area contributed by atoms with Crippen molar-refractivity contribution < 1.29 is 19.1 Å². The Morgan fingerprint density at radius 3 is 2.13 bits per heavy atom. The Morgan fingerprint density at radius 1 is 1.20 bits per heavy atom. The average Bonchev–Trinajstić information content (AvgIpc) is 2.15. The van der Waals surface area contributed by atoms with Gasteiger partial charge < -0.3 is 14.4 Å². The SMILES string of the molecule is CCN(C)C(=O)OC(C)OC(=O)C(C)C. The van der Waals surface area contributed by atoms with Crippen molar-refractivity contribution in [2.24, 2.45) is 5.92 Å². The normalized spacial score (nSPS) is 12.1. The second kappa shape index (κ2) is 6.27. The third-order valence-electron chi connectivity index (χ3n) is 1.81. The molecule has 0 radical (unpaired) electrons. The van der Waals surface area contributed by atoms with Gasteiger partial charge in [-0.25, -0.2) is 4.79 Å². The largest absolute Gasteiger partial charge is 0.425 e. The Bertz CT molecular complexity index is 227. The zero-order chi connectivity index (χ0) is 12.0. The van der Waals surface area contributed by atoms with Crippen LogP contribution >= 0.6 is 0 Å². The second-order valence-corrected chi connectivity index (χ2v) is 3.56. The van der Waals surface area contributed by atoms with Crippen molar-refractivity contribution in [3.63, 3.8) is 0 Å². The summed E-state index contributed by atoms with van der Waals surface area (Å²) >= 11 is 0. The van der Waals surface area contributed by atoms with E-state index < -0.39 is 12.4 Å². The number of ether oxygens (including phenoxy) is 2. The van der Waals surface area contributed by atoms with E-state index in [0.29, 0.717) is 6.54 Å². The van der Waals surface area contributed by atoms with Crippen LogP contribution in [0.4, 0.5) is 4.79 Å². The van der Waals surface area contributed by atoms with E-state index in [0.717, 1.165) is 0 Å². The lowest BCUT2D eigenvalue weighted by Crippen LogP contribution is -2.32. The number of rotatable bonds is 4. The molecule has 15 heavy (non-hydrogen) atoms. The first-order valence-corrected chi connectivity index (χ1v) is 5.00. The van der Waals surface area contributed by atoms with Crippen LogP contribution in [0.3, 0.4) is 0 Å². The van der Waals surface area contributed by atoms with E-state index in [4.69, 9.17) is 9.47 Å². The Morgan fingerprint density at radius 2 is 1.73 bits per heavy atom.